The van der Waals surface area contributed by atoms with Crippen molar-refractivity contribution in [3.05, 3.63) is 33.8 Å². The van der Waals surface area contributed by atoms with Crippen LogP contribution in [0.3, 0.4) is 0 Å². The van der Waals surface area contributed by atoms with E-state index < -0.39 is 0 Å². The van der Waals surface area contributed by atoms with Gasteiger partial charge in [-0.05, 0) is 49.1 Å². The van der Waals surface area contributed by atoms with Gasteiger partial charge in [0.2, 0.25) is 0 Å². The molecule has 0 bridgehead atoms. The highest BCUT2D eigenvalue weighted by Gasteiger charge is 2.24. The van der Waals surface area contributed by atoms with E-state index in [0.29, 0.717) is 16.6 Å². The zero-order valence-corrected chi connectivity index (χ0v) is 12.2. The molecule has 1 saturated heterocycles. The lowest BCUT2D eigenvalue weighted by atomic mass is 9.96. The van der Waals surface area contributed by atoms with E-state index in [-0.39, 0.29) is 6.04 Å². The maximum Gasteiger partial charge on any atom is 0.0471 e. The van der Waals surface area contributed by atoms with Gasteiger partial charge in [0.05, 0.1) is 0 Å². The fourth-order valence-corrected chi connectivity index (χ4v) is 3.32. The molecule has 4 heteroatoms. The molecule has 1 fully saturated rings. The average Bonchev–Trinajstić information content (AvgIpc) is 2.28. The first-order valence-electron chi connectivity index (χ1n) is 6.50. The van der Waals surface area contributed by atoms with Gasteiger partial charge in [-0.3, -0.25) is 4.90 Å². The predicted octanol–water partition coefficient (Wildman–Crippen LogP) is 3.73. The second-order valence-electron chi connectivity index (χ2n) is 5.20. The molecule has 0 aromatic heterocycles. The van der Waals surface area contributed by atoms with Crippen LogP contribution in [0.2, 0.25) is 10.0 Å². The first-order valence-corrected chi connectivity index (χ1v) is 7.26. The van der Waals surface area contributed by atoms with Crippen LogP contribution in [0.1, 0.15) is 31.4 Å². The number of likely N-dealkylation sites (tertiary alicyclic amines) is 1. The lowest BCUT2D eigenvalue weighted by Gasteiger charge is -2.37. The highest BCUT2D eigenvalue weighted by atomic mass is 35.5. The molecule has 2 N–H and O–H groups in total. The molecule has 2 nitrogen and oxygen atoms in total. The van der Waals surface area contributed by atoms with Crippen LogP contribution in [0, 0.1) is 5.92 Å². The highest BCUT2D eigenvalue weighted by molar-refractivity contribution is 6.34. The summed E-state index contributed by atoms with van der Waals surface area (Å²) in [6.45, 7) is 5.11. The Hall–Kier alpha value is -0.280. The Bertz CT molecular complexity index is 389. The standard InChI is InChI=1S/C14H20Cl2N2/c1-10-3-2-4-18(9-10)14(8-17)11-5-12(15)7-13(16)6-11/h5-7,10,14H,2-4,8-9,17H2,1H3/t10-,14+/m0/s1. The molecule has 1 aliphatic heterocycles. The van der Waals surface area contributed by atoms with Crippen LogP contribution in [0.4, 0.5) is 0 Å². The zero-order chi connectivity index (χ0) is 13.1. The lowest BCUT2D eigenvalue weighted by molar-refractivity contribution is 0.133. The topological polar surface area (TPSA) is 29.3 Å². The number of hydrogen-bond acceptors (Lipinski definition) is 2. The quantitative estimate of drug-likeness (QED) is 0.918. The van der Waals surface area contributed by atoms with Gasteiger partial charge in [0.25, 0.3) is 0 Å². The summed E-state index contributed by atoms with van der Waals surface area (Å²) in [5.74, 6) is 0.738. The maximum absolute atomic E-state index is 6.07. The van der Waals surface area contributed by atoms with Crippen LogP contribution in [0.5, 0.6) is 0 Å². The number of halogens is 2. The summed E-state index contributed by atoms with van der Waals surface area (Å²) in [6.07, 6.45) is 2.55. The third-order valence-corrected chi connectivity index (χ3v) is 4.06. The first-order chi connectivity index (χ1) is 8.60. The van der Waals surface area contributed by atoms with Crippen LogP contribution in [-0.2, 0) is 0 Å². The minimum Gasteiger partial charge on any atom is -0.329 e. The number of rotatable bonds is 3. The van der Waals surface area contributed by atoms with Crippen LogP contribution < -0.4 is 5.73 Å². The Morgan fingerprint density at radius 3 is 2.56 bits per heavy atom. The molecule has 0 aliphatic carbocycles. The second kappa shape index (κ2) is 6.25. The van der Waals surface area contributed by atoms with Crippen molar-refractivity contribution >= 4 is 23.2 Å². The highest BCUT2D eigenvalue weighted by Crippen LogP contribution is 2.29. The molecule has 0 unspecified atom stereocenters. The van der Waals surface area contributed by atoms with Gasteiger partial charge in [-0.2, -0.15) is 0 Å². The van der Waals surface area contributed by atoms with Gasteiger partial charge in [0.15, 0.2) is 0 Å². The number of piperidine rings is 1. The minimum absolute atomic E-state index is 0.226. The van der Waals surface area contributed by atoms with Gasteiger partial charge in [-0.15, -0.1) is 0 Å². The number of nitrogens with two attached hydrogens (primary N) is 1. The molecule has 2 atom stereocenters. The van der Waals surface area contributed by atoms with Gasteiger partial charge in [0.1, 0.15) is 0 Å². The monoisotopic (exact) mass is 286 g/mol. The van der Waals surface area contributed by atoms with E-state index in [4.69, 9.17) is 28.9 Å². The van der Waals surface area contributed by atoms with Crippen LogP contribution >= 0.6 is 23.2 Å². The van der Waals surface area contributed by atoms with Crippen molar-refractivity contribution in [3.63, 3.8) is 0 Å². The van der Waals surface area contributed by atoms with Gasteiger partial charge in [0, 0.05) is 29.2 Å². The van der Waals surface area contributed by atoms with Crippen molar-refractivity contribution in [1.29, 1.82) is 0 Å². The van der Waals surface area contributed by atoms with E-state index in [2.05, 4.69) is 11.8 Å². The smallest absolute Gasteiger partial charge is 0.0471 e. The predicted molar refractivity (Wildman–Crippen MR) is 78.2 cm³/mol. The molecule has 0 saturated carbocycles. The lowest BCUT2D eigenvalue weighted by Crippen LogP contribution is -2.40. The fourth-order valence-electron chi connectivity index (χ4n) is 2.77. The van der Waals surface area contributed by atoms with E-state index in [1.807, 2.05) is 12.1 Å². The van der Waals surface area contributed by atoms with E-state index in [9.17, 15) is 0 Å². The molecule has 1 aromatic rings. The molecule has 1 aromatic carbocycles. The summed E-state index contributed by atoms with van der Waals surface area (Å²) >= 11 is 12.1. The second-order valence-corrected chi connectivity index (χ2v) is 6.07. The van der Waals surface area contributed by atoms with E-state index in [0.717, 1.165) is 24.6 Å². The zero-order valence-electron chi connectivity index (χ0n) is 10.7. The van der Waals surface area contributed by atoms with Gasteiger partial charge in [-0.1, -0.05) is 30.1 Å². The van der Waals surface area contributed by atoms with Gasteiger partial charge >= 0.3 is 0 Å². The summed E-state index contributed by atoms with van der Waals surface area (Å²) < 4.78 is 0. The van der Waals surface area contributed by atoms with Crippen molar-refractivity contribution in [2.24, 2.45) is 11.7 Å². The molecule has 100 valence electrons. The Labute approximate surface area is 119 Å². The van der Waals surface area contributed by atoms with Crippen molar-refractivity contribution < 1.29 is 0 Å². The number of benzene rings is 1. The third-order valence-electron chi connectivity index (χ3n) is 3.62. The van der Waals surface area contributed by atoms with Crippen molar-refractivity contribution in [3.8, 4) is 0 Å². The summed E-state index contributed by atoms with van der Waals surface area (Å²) in [6, 6.07) is 5.94. The molecule has 2 rings (SSSR count). The van der Waals surface area contributed by atoms with Crippen molar-refractivity contribution in [2.75, 3.05) is 19.6 Å². The number of hydrogen-bond donors (Lipinski definition) is 1. The Kier molecular flexibility index (Phi) is 4.91. The third kappa shape index (κ3) is 3.39. The summed E-state index contributed by atoms with van der Waals surface area (Å²) in [4.78, 5) is 2.45. The van der Waals surface area contributed by atoms with Crippen LogP contribution in [0.25, 0.3) is 0 Å². The Morgan fingerprint density at radius 2 is 2.00 bits per heavy atom. The Morgan fingerprint density at radius 1 is 1.33 bits per heavy atom. The first kappa shape index (κ1) is 14.1. The number of nitrogens with zero attached hydrogens (tertiary/aromatic N) is 1. The van der Waals surface area contributed by atoms with E-state index >= 15 is 0 Å². The van der Waals surface area contributed by atoms with E-state index in [1.54, 1.807) is 6.07 Å². The van der Waals surface area contributed by atoms with Crippen LogP contribution in [0.15, 0.2) is 18.2 Å². The fraction of sp³-hybridized carbons (Fsp3) is 0.571. The normalized spacial score (nSPS) is 23.0. The molecule has 18 heavy (non-hydrogen) atoms. The molecular weight excluding hydrogens is 267 g/mol. The summed E-state index contributed by atoms with van der Waals surface area (Å²) in [5.41, 5.74) is 7.08. The molecule has 0 radical (unpaired) electrons. The minimum atomic E-state index is 0.226. The van der Waals surface area contributed by atoms with Gasteiger partial charge < -0.3 is 5.73 Å². The molecular formula is C14H20Cl2N2. The largest absolute Gasteiger partial charge is 0.329 e. The van der Waals surface area contributed by atoms with E-state index in [1.165, 1.54) is 12.8 Å². The molecule has 1 heterocycles. The Balaban J connectivity index is 2.21. The average molecular weight is 287 g/mol. The summed E-state index contributed by atoms with van der Waals surface area (Å²) in [7, 11) is 0. The summed E-state index contributed by atoms with van der Waals surface area (Å²) in [5, 5.41) is 1.36. The SMILES string of the molecule is C[C@H]1CCCN([C@H](CN)c2cc(Cl)cc(Cl)c2)C1. The van der Waals surface area contributed by atoms with Crippen LogP contribution in [-0.4, -0.2) is 24.5 Å². The van der Waals surface area contributed by atoms with Crippen molar-refractivity contribution in [2.45, 2.75) is 25.8 Å². The molecule has 0 amide bonds. The molecule has 1 aliphatic rings. The maximum atomic E-state index is 6.07. The molecule has 0 spiro atoms. The van der Waals surface area contributed by atoms with Gasteiger partial charge in [-0.25, -0.2) is 0 Å². The van der Waals surface area contributed by atoms with Crippen molar-refractivity contribution in [1.82, 2.24) is 4.90 Å².